The van der Waals surface area contributed by atoms with Crippen LogP contribution in [0, 0.1) is 0 Å². The fourth-order valence-electron chi connectivity index (χ4n) is 1.35. The van der Waals surface area contributed by atoms with Crippen LogP contribution in [-0.2, 0) is 6.54 Å². The zero-order chi connectivity index (χ0) is 13.8. The number of aromatic nitrogens is 2. The Morgan fingerprint density at radius 2 is 2.22 bits per heavy atom. The fourth-order valence-corrected chi connectivity index (χ4v) is 1.35. The minimum Gasteiger partial charge on any atom is -0.382 e. The summed E-state index contributed by atoms with van der Waals surface area (Å²) in [6.07, 6.45) is -1.69. The smallest absolute Gasteiger partial charge is 0.382 e. The average molecular weight is 264 g/mol. The molecule has 0 radical (unpaired) electrons. The van der Waals surface area contributed by atoms with Gasteiger partial charge in [-0.15, -0.1) is 0 Å². The minimum atomic E-state index is -4.39. The van der Waals surface area contributed by atoms with Crippen LogP contribution < -0.4 is 11.1 Å². The molecule has 1 amide bonds. The van der Waals surface area contributed by atoms with Crippen molar-refractivity contribution in [2.45, 2.75) is 32.5 Å². The number of unbranched alkanes of at least 4 members (excludes halogenated alkanes) is 1. The zero-order valence-electron chi connectivity index (χ0n) is 9.92. The van der Waals surface area contributed by atoms with Gasteiger partial charge in [-0.1, -0.05) is 13.3 Å². The minimum absolute atomic E-state index is 0.0321. The molecule has 3 N–H and O–H groups in total. The molecule has 8 heteroatoms. The molecule has 0 aliphatic rings. The highest BCUT2D eigenvalue weighted by molar-refractivity contribution is 5.98. The lowest BCUT2D eigenvalue weighted by Crippen LogP contribution is -2.24. The quantitative estimate of drug-likeness (QED) is 0.793. The molecule has 0 saturated carbocycles. The molecule has 0 aromatic carbocycles. The number of carbonyl (C=O) groups excluding carboxylic acids is 1. The number of nitrogens with one attached hydrogen (secondary N) is 1. The number of anilines is 1. The second-order valence-corrected chi connectivity index (χ2v) is 3.85. The van der Waals surface area contributed by atoms with Crippen molar-refractivity contribution in [3.63, 3.8) is 0 Å². The van der Waals surface area contributed by atoms with Gasteiger partial charge in [-0.2, -0.15) is 18.3 Å². The number of halogens is 3. The molecule has 1 aromatic heterocycles. The van der Waals surface area contributed by atoms with Crippen molar-refractivity contribution < 1.29 is 18.0 Å². The van der Waals surface area contributed by atoms with E-state index in [0.29, 0.717) is 11.2 Å². The Kier molecular flexibility index (Phi) is 4.57. The first-order chi connectivity index (χ1) is 8.33. The van der Waals surface area contributed by atoms with Gasteiger partial charge in [0.2, 0.25) is 0 Å². The normalized spacial score (nSPS) is 11.6. The summed E-state index contributed by atoms with van der Waals surface area (Å²) >= 11 is 0. The number of hydrogen-bond donors (Lipinski definition) is 2. The summed E-state index contributed by atoms with van der Waals surface area (Å²) in [7, 11) is 0. The van der Waals surface area contributed by atoms with E-state index < -0.39 is 18.6 Å². The van der Waals surface area contributed by atoms with Crippen LogP contribution in [-0.4, -0.2) is 28.4 Å². The van der Waals surface area contributed by atoms with Crippen molar-refractivity contribution in [3.8, 4) is 0 Å². The van der Waals surface area contributed by atoms with Gasteiger partial charge in [0.25, 0.3) is 5.91 Å². The topological polar surface area (TPSA) is 72.9 Å². The van der Waals surface area contributed by atoms with E-state index in [9.17, 15) is 18.0 Å². The van der Waals surface area contributed by atoms with Crippen LogP contribution in [0.2, 0.25) is 0 Å². The van der Waals surface area contributed by atoms with E-state index in [0.717, 1.165) is 19.0 Å². The van der Waals surface area contributed by atoms with E-state index in [1.165, 1.54) is 0 Å². The Hall–Kier alpha value is -1.73. The van der Waals surface area contributed by atoms with Gasteiger partial charge in [0, 0.05) is 12.7 Å². The van der Waals surface area contributed by atoms with Crippen LogP contribution in [0.3, 0.4) is 0 Å². The van der Waals surface area contributed by atoms with Crippen LogP contribution >= 0.6 is 0 Å². The summed E-state index contributed by atoms with van der Waals surface area (Å²) in [5.41, 5.74) is 5.37. The van der Waals surface area contributed by atoms with Crippen molar-refractivity contribution in [3.05, 3.63) is 11.8 Å². The molecule has 5 nitrogen and oxygen atoms in total. The molecule has 0 atom stereocenters. The van der Waals surface area contributed by atoms with Crippen molar-refractivity contribution in [2.75, 3.05) is 12.3 Å². The molecule has 0 spiro atoms. The molecular weight excluding hydrogens is 249 g/mol. The van der Waals surface area contributed by atoms with Crippen molar-refractivity contribution in [1.82, 2.24) is 15.1 Å². The zero-order valence-corrected chi connectivity index (χ0v) is 9.92. The highest BCUT2D eigenvalue weighted by atomic mass is 19.4. The van der Waals surface area contributed by atoms with Gasteiger partial charge in [0.05, 0.1) is 0 Å². The molecule has 1 aromatic rings. The Morgan fingerprint density at radius 3 is 2.78 bits per heavy atom. The van der Waals surface area contributed by atoms with Gasteiger partial charge < -0.3 is 11.1 Å². The number of carbonyl (C=O) groups is 1. The molecule has 1 rings (SSSR count). The van der Waals surface area contributed by atoms with Crippen LogP contribution in [0.25, 0.3) is 0 Å². The number of nitrogens with zero attached hydrogens (tertiary/aromatic N) is 2. The SMILES string of the molecule is CCCCNC(=O)c1cn(CC(F)(F)F)nc1N. The van der Waals surface area contributed by atoms with E-state index >= 15 is 0 Å². The number of amides is 1. The molecule has 0 aliphatic carbocycles. The summed E-state index contributed by atoms with van der Waals surface area (Å²) in [4.78, 5) is 11.6. The van der Waals surface area contributed by atoms with Crippen LogP contribution in [0.1, 0.15) is 30.1 Å². The molecule has 18 heavy (non-hydrogen) atoms. The number of nitrogens with two attached hydrogens (primary N) is 1. The largest absolute Gasteiger partial charge is 0.408 e. The third-order valence-corrected chi connectivity index (χ3v) is 2.19. The fraction of sp³-hybridized carbons (Fsp3) is 0.600. The van der Waals surface area contributed by atoms with Crippen LogP contribution in [0.15, 0.2) is 6.20 Å². The van der Waals surface area contributed by atoms with Gasteiger partial charge in [-0.3, -0.25) is 9.48 Å². The summed E-state index contributed by atoms with van der Waals surface area (Å²) < 4.78 is 37.0. The lowest BCUT2D eigenvalue weighted by molar-refractivity contribution is -0.142. The van der Waals surface area contributed by atoms with Crippen LogP contribution in [0.5, 0.6) is 0 Å². The Labute approximate surface area is 102 Å². The average Bonchev–Trinajstić information content (AvgIpc) is 2.57. The summed E-state index contributed by atoms with van der Waals surface area (Å²) in [5.74, 6) is -0.706. The molecule has 102 valence electrons. The molecule has 0 unspecified atom stereocenters. The molecule has 0 fully saturated rings. The van der Waals surface area contributed by atoms with Crippen LogP contribution in [0.4, 0.5) is 19.0 Å². The van der Waals surface area contributed by atoms with E-state index in [1.807, 2.05) is 6.92 Å². The van der Waals surface area contributed by atoms with Gasteiger partial charge in [-0.25, -0.2) is 0 Å². The van der Waals surface area contributed by atoms with Gasteiger partial charge >= 0.3 is 6.18 Å². The second-order valence-electron chi connectivity index (χ2n) is 3.85. The highest BCUT2D eigenvalue weighted by Crippen LogP contribution is 2.18. The van der Waals surface area contributed by atoms with Crippen molar-refractivity contribution in [1.29, 1.82) is 0 Å². The first-order valence-electron chi connectivity index (χ1n) is 5.51. The summed E-state index contributed by atoms with van der Waals surface area (Å²) in [6, 6.07) is 0. The van der Waals surface area contributed by atoms with Crippen molar-refractivity contribution >= 4 is 11.7 Å². The van der Waals surface area contributed by atoms with Gasteiger partial charge in [-0.05, 0) is 6.42 Å². The van der Waals surface area contributed by atoms with E-state index in [1.54, 1.807) is 0 Å². The van der Waals surface area contributed by atoms with E-state index in [4.69, 9.17) is 5.73 Å². The summed E-state index contributed by atoms with van der Waals surface area (Å²) in [5, 5.41) is 6.02. The third kappa shape index (κ3) is 4.27. The van der Waals surface area contributed by atoms with E-state index in [2.05, 4.69) is 10.4 Å². The molecule has 1 heterocycles. The Morgan fingerprint density at radius 1 is 1.56 bits per heavy atom. The van der Waals surface area contributed by atoms with Crippen molar-refractivity contribution in [2.24, 2.45) is 0 Å². The Bertz CT molecular complexity index is 414. The first-order valence-corrected chi connectivity index (χ1v) is 5.51. The summed E-state index contributed by atoms with van der Waals surface area (Å²) in [6.45, 7) is 1.15. The molecule has 0 bridgehead atoms. The van der Waals surface area contributed by atoms with E-state index in [-0.39, 0.29) is 11.4 Å². The van der Waals surface area contributed by atoms with Gasteiger partial charge in [0.15, 0.2) is 5.82 Å². The molecular formula is C10H15F3N4O. The third-order valence-electron chi connectivity index (χ3n) is 2.19. The standard InChI is InChI=1S/C10H15F3N4O/c1-2-3-4-15-9(18)7-5-17(16-8(7)14)6-10(11,12)13/h5H,2-4,6H2,1H3,(H2,14,16)(H,15,18). The lowest BCUT2D eigenvalue weighted by Gasteiger charge is -2.05. The second kappa shape index (κ2) is 5.74. The number of rotatable bonds is 5. The monoisotopic (exact) mass is 264 g/mol. The number of nitrogen functional groups attached to an aromatic ring is 1. The first kappa shape index (κ1) is 14.3. The predicted octanol–water partition coefficient (Wildman–Crippen LogP) is 1.56. The molecule has 0 saturated heterocycles. The highest BCUT2D eigenvalue weighted by Gasteiger charge is 2.29. The number of hydrogen-bond acceptors (Lipinski definition) is 3. The predicted molar refractivity (Wildman–Crippen MR) is 59.9 cm³/mol. The molecule has 0 aliphatic heterocycles. The maximum absolute atomic E-state index is 12.1. The lowest BCUT2D eigenvalue weighted by atomic mass is 10.3. The maximum Gasteiger partial charge on any atom is 0.408 e. The maximum atomic E-state index is 12.1. The number of alkyl halides is 3. The van der Waals surface area contributed by atoms with Gasteiger partial charge in [0.1, 0.15) is 12.1 Å². The Balaban J connectivity index is 2.69.